The molecule has 168 valence electrons. The van der Waals surface area contributed by atoms with E-state index in [1.807, 2.05) is 18.2 Å². The maximum atomic E-state index is 13.1. The van der Waals surface area contributed by atoms with Crippen LogP contribution in [-0.2, 0) is 6.54 Å². The van der Waals surface area contributed by atoms with Gasteiger partial charge in [-0.3, -0.25) is 0 Å². The Morgan fingerprint density at radius 3 is 2.42 bits per heavy atom. The van der Waals surface area contributed by atoms with Crippen LogP contribution in [0.3, 0.4) is 0 Å². The molecule has 6 heteroatoms. The van der Waals surface area contributed by atoms with Gasteiger partial charge in [-0.2, -0.15) is 4.37 Å². The van der Waals surface area contributed by atoms with Crippen molar-refractivity contribution in [1.82, 2.24) is 19.7 Å². The molecule has 1 fully saturated rings. The van der Waals surface area contributed by atoms with Gasteiger partial charge in [0.15, 0.2) is 0 Å². The van der Waals surface area contributed by atoms with Crippen molar-refractivity contribution in [1.29, 1.82) is 0 Å². The van der Waals surface area contributed by atoms with E-state index in [1.54, 1.807) is 24.1 Å². The first-order valence-electron chi connectivity index (χ1n) is 11.5. The topological polar surface area (TPSA) is 50.7 Å². The molecule has 4 nitrogen and oxygen atoms in total. The number of hydrogen-bond acceptors (Lipinski definition) is 5. The van der Waals surface area contributed by atoms with E-state index in [2.05, 4.69) is 46.5 Å². The average Bonchev–Trinajstić information content (AvgIpc) is 3.30. The number of halogens is 1. The number of rotatable bonds is 6. The number of nitrogens with one attached hydrogen (secondary N) is 1. The molecule has 2 heterocycles. The summed E-state index contributed by atoms with van der Waals surface area (Å²) in [6.45, 7) is 2.88. The Hall–Kier alpha value is -2.96. The molecule has 0 amide bonds. The number of benzene rings is 2. The third kappa shape index (κ3) is 5.02. The Balaban J connectivity index is 1.33. The molecule has 1 aliphatic carbocycles. The van der Waals surface area contributed by atoms with E-state index in [0.29, 0.717) is 12.0 Å². The highest BCUT2D eigenvalue weighted by Gasteiger charge is 2.28. The van der Waals surface area contributed by atoms with Crippen molar-refractivity contribution in [3.8, 4) is 22.5 Å². The minimum Gasteiger partial charge on any atom is -0.310 e. The highest BCUT2D eigenvalue weighted by atomic mass is 32.1. The third-order valence-corrected chi connectivity index (χ3v) is 7.50. The summed E-state index contributed by atoms with van der Waals surface area (Å²) in [6.07, 6.45) is 7.90. The molecule has 0 unspecified atom stereocenters. The van der Waals surface area contributed by atoms with Crippen LogP contribution in [0.5, 0.6) is 0 Å². The molecule has 5 rings (SSSR count). The monoisotopic (exact) mass is 458 g/mol. The highest BCUT2D eigenvalue weighted by Crippen LogP contribution is 2.44. The van der Waals surface area contributed by atoms with Crippen molar-refractivity contribution in [3.05, 3.63) is 88.9 Å². The highest BCUT2D eigenvalue weighted by molar-refractivity contribution is 7.06. The van der Waals surface area contributed by atoms with E-state index in [-0.39, 0.29) is 5.82 Å². The van der Waals surface area contributed by atoms with Gasteiger partial charge in [0, 0.05) is 34.8 Å². The van der Waals surface area contributed by atoms with Crippen LogP contribution >= 0.6 is 11.5 Å². The molecule has 1 N–H and O–H groups in total. The Morgan fingerprint density at radius 1 is 0.970 bits per heavy atom. The number of aromatic nitrogens is 3. The number of aryl methyl sites for hydroxylation is 1. The SMILES string of the molecule is Cc1ccc(-c2nsc(C3CCC(NCc4ccc(F)cc4)CC3)c2-c2ccncn2)cc1. The van der Waals surface area contributed by atoms with E-state index in [9.17, 15) is 4.39 Å². The summed E-state index contributed by atoms with van der Waals surface area (Å²) < 4.78 is 18.0. The van der Waals surface area contributed by atoms with Gasteiger partial charge in [0.1, 0.15) is 12.1 Å². The fourth-order valence-electron chi connectivity index (χ4n) is 4.60. The first-order valence-corrected chi connectivity index (χ1v) is 12.3. The van der Waals surface area contributed by atoms with Crippen molar-refractivity contribution in [2.24, 2.45) is 0 Å². The first kappa shape index (κ1) is 21.9. The average molecular weight is 459 g/mol. The molecule has 0 saturated heterocycles. The largest absolute Gasteiger partial charge is 0.310 e. The van der Waals surface area contributed by atoms with E-state index in [4.69, 9.17) is 4.37 Å². The lowest BCUT2D eigenvalue weighted by atomic mass is 9.83. The van der Waals surface area contributed by atoms with Gasteiger partial charge in [0.05, 0.1) is 11.4 Å². The van der Waals surface area contributed by atoms with Gasteiger partial charge in [-0.1, -0.05) is 42.0 Å². The lowest BCUT2D eigenvalue weighted by molar-refractivity contribution is 0.344. The standard InChI is InChI=1S/C27H27FN4S/c1-18-2-6-20(7-3-18)26-25(24-14-15-29-17-31-24)27(33-32-26)21-8-12-23(13-9-21)30-16-19-4-10-22(28)11-5-19/h2-7,10-11,14-15,17,21,23,30H,8-9,12-13,16H2,1H3. The minimum absolute atomic E-state index is 0.187. The summed E-state index contributed by atoms with van der Waals surface area (Å²) in [5, 5.41) is 3.66. The fraction of sp³-hybridized carbons (Fsp3) is 0.296. The molecule has 0 atom stereocenters. The van der Waals surface area contributed by atoms with Gasteiger partial charge in [0.25, 0.3) is 0 Å². The van der Waals surface area contributed by atoms with E-state index < -0.39 is 0 Å². The molecule has 4 aromatic rings. The van der Waals surface area contributed by atoms with Crippen LogP contribution in [0.15, 0.2) is 67.1 Å². The van der Waals surface area contributed by atoms with E-state index in [0.717, 1.165) is 60.3 Å². The lowest BCUT2D eigenvalue weighted by Gasteiger charge is -2.29. The van der Waals surface area contributed by atoms with Crippen molar-refractivity contribution in [2.45, 2.75) is 51.1 Å². The van der Waals surface area contributed by atoms with Gasteiger partial charge >= 0.3 is 0 Å². The smallest absolute Gasteiger partial charge is 0.123 e. The molecule has 0 bridgehead atoms. The van der Waals surface area contributed by atoms with Crippen LogP contribution in [0.25, 0.3) is 22.5 Å². The second kappa shape index (κ2) is 9.89. The Labute approximate surface area is 198 Å². The summed E-state index contributed by atoms with van der Waals surface area (Å²) in [7, 11) is 0. The molecule has 2 aromatic heterocycles. The molecule has 2 aromatic carbocycles. The van der Waals surface area contributed by atoms with Crippen LogP contribution in [0.2, 0.25) is 0 Å². The summed E-state index contributed by atoms with van der Waals surface area (Å²) >= 11 is 1.62. The summed E-state index contributed by atoms with van der Waals surface area (Å²) in [4.78, 5) is 10.0. The van der Waals surface area contributed by atoms with Gasteiger partial charge < -0.3 is 5.32 Å². The van der Waals surface area contributed by atoms with Crippen LogP contribution in [0.1, 0.15) is 47.6 Å². The van der Waals surface area contributed by atoms with Gasteiger partial charge in [-0.15, -0.1) is 0 Å². The number of hydrogen-bond donors (Lipinski definition) is 1. The van der Waals surface area contributed by atoms with Crippen LogP contribution < -0.4 is 5.32 Å². The fourth-order valence-corrected chi connectivity index (χ4v) is 5.66. The predicted molar refractivity (Wildman–Crippen MR) is 132 cm³/mol. The van der Waals surface area contributed by atoms with Crippen LogP contribution in [0.4, 0.5) is 4.39 Å². The number of nitrogens with zero attached hydrogens (tertiary/aromatic N) is 3. The molecule has 1 aliphatic rings. The quantitative estimate of drug-likeness (QED) is 0.357. The second-order valence-corrected chi connectivity index (χ2v) is 9.59. The molecule has 0 radical (unpaired) electrons. The van der Waals surface area contributed by atoms with Crippen molar-refractivity contribution >= 4 is 11.5 Å². The van der Waals surface area contributed by atoms with Gasteiger partial charge in [-0.05, 0) is 73.8 Å². The van der Waals surface area contributed by atoms with Crippen LogP contribution in [-0.4, -0.2) is 20.4 Å². The Bertz CT molecular complexity index is 1180. The first-order chi connectivity index (χ1) is 16.2. The normalized spacial score (nSPS) is 18.4. The second-order valence-electron chi connectivity index (χ2n) is 8.79. The maximum Gasteiger partial charge on any atom is 0.123 e. The molecular weight excluding hydrogens is 431 g/mol. The third-order valence-electron chi connectivity index (χ3n) is 6.49. The zero-order valence-electron chi connectivity index (χ0n) is 18.7. The summed E-state index contributed by atoms with van der Waals surface area (Å²) in [5.41, 5.74) is 6.62. The zero-order valence-corrected chi connectivity index (χ0v) is 19.5. The van der Waals surface area contributed by atoms with Crippen LogP contribution in [0, 0.1) is 12.7 Å². The summed E-state index contributed by atoms with van der Waals surface area (Å²) in [5.74, 6) is 0.295. The van der Waals surface area contributed by atoms with Crippen molar-refractivity contribution < 1.29 is 4.39 Å². The predicted octanol–water partition coefficient (Wildman–Crippen LogP) is 6.53. The van der Waals surface area contributed by atoms with E-state index in [1.165, 1.54) is 22.6 Å². The van der Waals surface area contributed by atoms with Crippen molar-refractivity contribution in [2.75, 3.05) is 0 Å². The molecule has 0 aliphatic heterocycles. The van der Waals surface area contributed by atoms with Crippen molar-refractivity contribution in [3.63, 3.8) is 0 Å². The molecule has 1 saturated carbocycles. The Kier molecular flexibility index (Phi) is 6.55. The van der Waals surface area contributed by atoms with Gasteiger partial charge in [0.2, 0.25) is 0 Å². The van der Waals surface area contributed by atoms with E-state index >= 15 is 0 Å². The maximum absolute atomic E-state index is 13.1. The summed E-state index contributed by atoms with van der Waals surface area (Å²) in [6, 6.07) is 17.8. The minimum atomic E-state index is -0.187. The zero-order chi connectivity index (χ0) is 22.6. The van der Waals surface area contributed by atoms with Gasteiger partial charge in [-0.25, -0.2) is 14.4 Å². The Morgan fingerprint density at radius 2 is 1.73 bits per heavy atom. The lowest BCUT2D eigenvalue weighted by Crippen LogP contribution is -2.32. The molecule has 33 heavy (non-hydrogen) atoms. The molecule has 0 spiro atoms. The molecular formula is C27H27FN4S.